The molecule has 5 N–H and O–H groups in total. The minimum absolute atomic E-state index is 0.0257. The summed E-state index contributed by atoms with van der Waals surface area (Å²) in [6.07, 6.45) is 11.6. The zero-order chi connectivity index (χ0) is 22.7. The molecule has 1 aromatic heterocycles. The zero-order valence-electron chi connectivity index (χ0n) is 17.9. The molecule has 1 amide bonds. The van der Waals surface area contributed by atoms with Crippen LogP contribution in [0.4, 0.5) is 0 Å². The fourth-order valence-electron chi connectivity index (χ4n) is 4.52. The number of rotatable bonds is 6. The lowest BCUT2D eigenvalue weighted by molar-refractivity contribution is -0.134. The van der Waals surface area contributed by atoms with Crippen LogP contribution in [-0.2, 0) is 11.2 Å². The van der Waals surface area contributed by atoms with E-state index < -0.39 is 0 Å². The molecule has 2 aromatic rings. The largest absolute Gasteiger partial charge is 0.508 e. The van der Waals surface area contributed by atoms with Gasteiger partial charge in [0.1, 0.15) is 11.6 Å². The van der Waals surface area contributed by atoms with Gasteiger partial charge in [0.05, 0.1) is 5.92 Å². The minimum Gasteiger partial charge on any atom is -0.508 e. The third kappa shape index (κ3) is 4.66. The second-order valence-electron chi connectivity index (χ2n) is 8.43. The molecule has 32 heavy (non-hydrogen) atoms. The van der Waals surface area contributed by atoms with Crippen molar-refractivity contribution in [3.05, 3.63) is 81.8 Å². The van der Waals surface area contributed by atoms with Crippen LogP contribution < -0.4 is 11.3 Å². The molecule has 0 spiro atoms. The molecular weight excluding hydrogens is 404 g/mol. The van der Waals surface area contributed by atoms with Crippen molar-refractivity contribution in [3.8, 4) is 5.75 Å². The Morgan fingerprint density at radius 2 is 2.12 bits per heavy atom. The molecule has 2 heterocycles. The van der Waals surface area contributed by atoms with E-state index in [-0.39, 0.29) is 35.0 Å². The number of nitrogen functional groups attached to an aromatic ring is 1. The molecule has 2 aliphatic rings. The number of benzene rings is 1. The maximum atomic E-state index is 13.2. The van der Waals surface area contributed by atoms with Crippen LogP contribution in [0.3, 0.4) is 0 Å². The first-order valence-electron chi connectivity index (χ1n) is 11.0. The van der Waals surface area contributed by atoms with E-state index >= 15 is 0 Å². The highest BCUT2D eigenvalue weighted by Gasteiger charge is 2.32. The van der Waals surface area contributed by atoms with Gasteiger partial charge >= 0.3 is 0 Å². The first kappa shape index (κ1) is 21.6. The number of aromatic amines is 1. The van der Waals surface area contributed by atoms with Crippen molar-refractivity contribution in [2.45, 2.75) is 38.1 Å². The SMILES string of the molecule is N=C(N)c1ccc(O)c(CC[C@H]2CCCN2C(=O)C2C=CC(c3ccc(=O)[nH]c3)=CC2)c1. The van der Waals surface area contributed by atoms with Crippen molar-refractivity contribution < 1.29 is 9.90 Å². The first-order chi connectivity index (χ1) is 15.4. The van der Waals surface area contributed by atoms with Gasteiger partial charge < -0.3 is 20.7 Å². The van der Waals surface area contributed by atoms with E-state index in [1.165, 1.54) is 6.07 Å². The van der Waals surface area contributed by atoms with E-state index in [0.717, 1.165) is 42.5 Å². The summed E-state index contributed by atoms with van der Waals surface area (Å²) in [6, 6.07) is 8.39. The normalized spacial score (nSPS) is 20.2. The Morgan fingerprint density at radius 3 is 2.81 bits per heavy atom. The molecular formula is C25H28N4O3. The van der Waals surface area contributed by atoms with Crippen LogP contribution in [-0.4, -0.2) is 39.3 Å². The quantitative estimate of drug-likeness (QED) is 0.414. The van der Waals surface area contributed by atoms with Crippen LogP contribution in [0.5, 0.6) is 5.75 Å². The molecule has 166 valence electrons. The van der Waals surface area contributed by atoms with Gasteiger partial charge in [-0.3, -0.25) is 15.0 Å². The summed E-state index contributed by atoms with van der Waals surface area (Å²) < 4.78 is 0. The third-order valence-corrected chi connectivity index (χ3v) is 6.33. The van der Waals surface area contributed by atoms with Crippen LogP contribution in [0.25, 0.3) is 5.57 Å². The van der Waals surface area contributed by atoms with E-state index in [4.69, 9.17) is 11.1 Å². The average molecular weight is 433 g/mol. The number of carbonyl (C=O) groups is 1. The number of nitrogens with zero attached hydrogens (tertiary/aromatic N) is 1. The first-order valence-corrected chi connectivity index (χ1v) is 11.0. The molecule has 0 radical (unpaired) electrons. The van der Waals surface area contributed by atoms with Crippen molar-refractivity contribution in [1.82, 2.24) is 9.88 Å². The predicted octanol–water partition coefficient (Wildman–Crippen LogP) is 2.95. The third-order valence-electron chi connectivity index (χ3n) is 6.33. The number of aromatic nitrogens is 1. The second kappa shape index (κ2) is 9.26. The summed E-state index contributed by atoms with van der Waals surface area (Å²) in [5.41, 5.74) is 8.71. The van der Waals surface area contributed by atoms with Gasteiger partial charge in [0.25, 0.3) is 0 Å². The number of H-pyrrole nitrogens is 1. The van der Waals surface area contributed by atoms with E-state index in [1.54, 1.807) is 30.5 Å². The summed E-state index contributed by atoms with van der Waals surface area (Å²) in [5, 5.41) is 17.8. The molecule has 7 nitrogen and oxygen atoms in total. The predicted molar refractivity (Wildman–Crippen MR) is 124 cm³/mol. The number of amides is 1. The summed E-state index contributed by atoms with van der Waals surface area (Å²) in [6.45, 7) is 0.754. The standard InChI is InChI=1S/C25H28N4O3/c26-24(27)19-8-11-22(30)18(14-19)7-10-21-2-1-13-29(21)25(32)17-5-3-16(4-6-17)20-9-12-23(31)28-15-20/h3-5,8-9,11-12,14-15,17,21,30H,1-2,6-7,10,13H2,(H3,26,27)(H,28,31)/t17?,21-/m1/s1. The van der Waals surface area contributed by atoms with Crippen LogP contribution in [0.15, 0.2) is 59.6 Å². The van der Waals surface area contributed by atoms with Crippen molar-refractivity contribution in [3.63, 3.8) is 0 Å². The molecule has 1 unspecified atom stereocenters. The van der Waals surface area contributed by atoms with Gasteiger partial charge in [-0.05, 0) is 73.1 Å². The highest BCUT2D eigenvalue weighted by Crippen LogP contribution is 2.30. The van der Waals surface area contributed by atoms with E-state index in [9.17, 15) is 14.7 Å². The van der Waals surface area contributed by atoms with Crippen LogP contribution in [0, 0.1) is 11.3 Å². The number of pyridine rings is 1. The number of amidine groups is 1. The van der Waals surface area contributed by atoms with E-state index in [2.05, 4.69) is 4.98 Å². The number of likely N-dealkylation sites (tertiary alicyclic amines) is 1. The van der Waals surface area contributed by atoms with E-state index in [0.29, 0.717) is 18.4 Å². The van der Waals surface area contributed by atoms with Crippen molar-refractivity contribution >= 4 is 17.3 Å². The number of phenols is 1. The average Bonchev–Trinajstić information content (AvgIpc) is 3.27. The summed E-state index contributed by atoms with van der Waals surface area (Å²) in [4.78, 5) is 29.2. The lowest BCUT2D eigenvalue weighted by atomic mass is 9.92. The van der Waals surface area contributed by atoms with Gasteiger partial charge in [0, 0.05) is 30.4 Å². The number of hydrogen-bond donors (Lipinski definition) is 4. The number of allylic oxidation sites excluding steroid dienone is 3. The monoisotopic (exact) mass is 432 g/mol. The van der Waals surface area contributed by atoms with Gasteiger partial charge in [-0.15, -0.1) is 0 Å². The molecule has 0 saturated carbocycles. The molecule has 1 fully saturated rings. The Balaban J connectivity index is 1.39. The maximum Gasteiger partial charge on any atom is 0.247 e. The molecule has 0 bridgehead atoms. The van der Waals surface area contributed by atoms with Crippen molar-refractivity contribution in [2.24, 2.45) is 11.7 Å². The fourth-order valence-corrected chi connectivity index (χ4v) is 4.52. The fraction of sp³-hybridized carbons (Fsp3) is 0.320. The summed E-state index contributed by atoms with van der Waals surface area (Å²) in [7, 11) is 0. The Hall–Kier alpha value is -3.61. The van der Waals surface area contributed by atoms with Gasteiger partial charge in [0.2, 0.25) is 11.5 Å². The van der Waals surface area contributed by atoms with Crippen LogP contribution in [0.2, 0.25) is 0 Å². The number of nitrogens with two attached hydrogens (primary N) is 1. The molecule has 2 atom stereocenters. The van der Waals surface area contributed by atoms with Gasteiger partial charge in [-0.2, -0.15) is 0 Å². The number of carbonyl (C=O) groups excluding carboxylic acids is 1. The number of aromatic hydroxyl groups is 1. The summed E-state index contributed by atoms with van der Waals surface area (Å²) >= 11 is 0. The highest BCUT2D eigenvalue weighted by molar-refractivity contribution is 5.95. The van der Waals surface area contributed by atoms with Crippen LogP contribution in [0.1, 0.15) is 42.4 Å². The van der Waals surface area contributed by atoms with Crippen molar-refractivity contribution in [1.29, 1.82) is 5.41 Å². The van der Waals surface area contributed by atoms with Gasteiger partial charge in [-0.25, -0.2) is 0 Å². The lowest BCUT2D eigenvalue weighted by Gasteiger charge is -2.28. The molecule has 1 aromatic carbocycles. The Bertz CT molecular complexity index is 1130. The molecule has 1 aliphatic heterocycles. The maximum absolute atomic E-state index is 13.2. The number of aryl methyl sites for hydroxylation is 1. The number of phenolic OH excluding ortho intramolecular Hbond substituents is 1. The summed E-state index contributed by atoms with van der Waals surface area (Å²) in [5.74, 6) is 0.127. The van der Waals surface area contributed by atoms with Crippen LogP contribution >= 0.6 is 0 Å². The second-order valence-corrected chi connectivity index (χ2v) is 8.43. The highest BCUT2D eigenvalue weighted by atomic mass is 16.3. The number of hydrogen-bond acceptors (Lipinski definition) is 4. The lowest BCUT2D eigenvalue weighted by Crippen LogP contribution is -2.39. The molecule has 1 saturated heterocycles. The molecule has 4 rings (SSSR count). The minimum atomic E-state index is -0.184. The Kier molecular flexibility index (Phi) is 6.25. The molecule has 1 aliphatic carbocycles. The van der Waals surface area contributed by atoms with Gasteiger partial charge in [0.15, 0.2) is 0 Å². The molecule has 7 heteroatoms. The zero-order valence-corrected chi connectivity index (χ0v) is 17.9. The van der Waals surface area contributed by atoms with Gasteiger partial charge in [-0.1, -0.05) is 18.2 Å². The topological polar surface area (TPSA) is 123 Å². The van der Waals surface area contributed by atoms with E-state index in [1.807, 2.05) is 23.1 Å². The smallest absolute Gasteiger partial charge is 0.247 e. The Labute approximate surface area is 186 Å². The number of nitrogens with one attached hydrogen (secondary N) is 2. The Morgan fingerprint density at radius 1 is 1.28 bits per heavy atom. The van der Waals surface area contributed by atoms with Crippen molar-refractivity contribution in [2.75, 3.05) is 6.54 Å².